The fourth-order valence-corrected chi connectivity index (χ4v) is 2.30. The van der Waals surface area contributed by atoms with Gasteiger partial charge in [0.2, 0.25) is 17.7 Å². The second kappa shape index (κ2) is 11.7. The molecule has 0 radical (unpaired) electrons. The molecule has 1 aromatic rings. The van der Waals surface area contributed by atoms with E-state index in [0.717, 1.165) is 0 Å². The third-order valence-electron chi connectivity index (χ3n) is 4.09. The highest BCUT2D eigenvalue weighted by Gasteiger charge is 2.28. The number of nitrogens with one attached hydrogen (secondary N) is 3. The molecule has 30 heavy (non-hydrogen) atoms. The summed E-state index contributed by atoms with van der Waals surface area (Å²) in [6, 6.07) is 0.685. The number of hydrogen-bond acceptors (Lipinski definition) is 8. The van der Waals surface area contributed by atoms with Crippen molar-refractivity contribution in [3.8, 4) is 5.75 Å². The molecule has 9 N–H and O–H groups in total. The number of phenols is 1. The van der Waals surface area contributed by atoms with Gasteiger partial charge in [-0.1, -0.05) is 12.1 Å². The van der Waals surface area contributed by atoms with E-state index < -0.39 is 61.1 Å². The van der Waals surface area contributed by atoms with Crippen LogP contribution in [0.3, 0.4) is 0 Å². The number of aromatic hydroxyl groups is 1. The first-order valence-electron chi connectivity index (χ1n) is 8.98. The largest absolute Gasteiger partial charge is 0.508 e. The van der Waals surface area contributed by atoms with E-state index in [1.54, 1.807) is 0 Å². The molecule has 0 aliphatic rings. The Morgan fingerprint density at radius 1 is 0.900 bits per heavy atom. The molecule has 0 aliphatic heterocycles. The van der Waals surface area contributed by atoms with Gasteiger partial charge >= 0.3 is 5.97 Å². The molecule has 4 unspecified atom stereocenters. The molecule has 0 aliphatic carbocycles. The number of carbonyl (C=O) groups is 4. The average Bonchev–Trinajstić information content (AvgIpc) is 2.71. The van der Waals surface area contributed by atoms with E-state index in [1.807, 2.05) is 0 Å². The number of benzene rings is 1. The number of nitrogens with two attached hydrogens (primary N) is 1. The van der Waals surface area contributed by atoms with Crippen LogP contribution in [0.5, 0.6) is 5.75 Å². The second-order valence-electron chi connectivity index (χ2n) is 6.53. The molecule has 166 valence electrons. The van der Waals surface area contributed by atoms with Crippen molar-refractivity contribution >= 4 is 23.7 Å². The molecule has 4 atom stereocenters. The van der Waals surface area contributed by atoms with Crippen LogP contribution in [0.4, 0.5) is 0 Å². The van der Waals surface area contributed by atoms with E-state index in [2.05, 4.69) is 16.0 Å². The van der Waals surface area contributed by atoms with Crippen molar-refractivity contribution in [2.24, 2.45) is 5.73 Å². The lowest BCUT2D eigenvalue weighted by Crippen LogP contribution is -2.57. The highest BCUT2D eigenvalue weighted by molar-refractivity contribution is 5.94. The zero-order valence-electron chi connectivity index (χ0n) is 16.2. The third kappa shape index (κ3) is 7.66. The van der Waals surface area contributed by atoms with Gasteiger partial charge in [0, 0.05) is 6.42 Å². The van der Waals surface area contributed by atoms with E-state index in [9.17, 15) is 24.3 Å². The van der Waals surface area contributed by atoms with E-state index in [0.29, 0.717) is 5.56 Å². The molecule has 3 amide bonds. The first kappa shape index (κ1) is 24.8. The Labute approximate surface area is 172 Å². The summed E-state index contributed by atoms with van der Waals surface area (Å²) in [5.41, 5.74) is 6.03. The van der Waals surface area contributed by atoms with Gasteiger partial charge in [-0.25, -0.2) is 4.79 Å². The van der Waals surface area contributed by atoms with Crippen LogP contribution in [-0.2, 0) is 25.6 Å². The number of phenolic OH excluding ortho intramolecular Hbond substituents is 1. The van der Waals surface area contributed by atoms with Crippen molar-refractivity contribution in [1.82, 2.24) is 16.0 Å². The molecule has 0 aromatic heterocycles. The molecule has 0 saturated heterocycles. The van der Waals surface area contributed by atoms with Crippen LogP contribution in [0.1, 0.15) is 12.5 Å². The number of carboxylic acids is 1. The zero-order chi connectivity index (χ0) is 22.8. The Bertz CT molecular complexity index is 755. The van der Waals surface area contributed by atoms with Gasteiger partial charge in [-0.2, -0.15) is 0 Å². The monoisotopic (exact) mass is 426 g/mol. The fourth-order valence-electron chi connectivity index (χ4n) is 2.30. The summed E-state index contributed by atoms with van der Waals surface area (Å²) in [7, 11) is 0. The summed E-state index contributed by atoms with van der Waals surface area (Å²) in [5.74, 6) is -3.85. The first-order chi connectivity index (χ1) is 14.1. The number of carboxylic acid groups (broad SMARTS) is 1. The first-order valence-corrected chi connectivity index (χ1v) is 8.98. The van der Waals surface area contributed by atoms with Crippen molar-refractivity contribution in [3.05, 3.63) is 29.8 Å². The molecule has 1 aromatic carbocycles. The quantitative estimate of drug-likeness (QED) is 0.179. The van der Waals surface area contributed by atoms with Gasteiger partial charge in [0.15, 0.2) is 0 Å². The topological polar surface area (TPSA) is 211 Å². The van der Waals surface area contributed by atoms with Crippen LogP contribution in [0.25, 0.3) is 0 Å². The third-order valence-corrected chi connectivity index (χ3v) is 4.09. The molecule has 0 fully saturated rings. The summed E-state index contributed by atoms with van der Waals surface area (Å²) in [4.78, 5) is 47.6. The highest BCUT2D eigenvalue weighted by atomic mass is 16.4. The SMILES string of the molecule is CC(NC(=O)C(Cc1ccc(O)cc1)NC(=O)C(N)CO)C(=O)NC(CO)C(=O)O. The number of aliphatic hydroxyl groups is 2. The van der Waals surface area contributed by atoms with Gasteiger partial charge in [-0.3, -0.25) is 14.4 Å². The molecular weight excluding hydrogens is 400 g/mol. The lowest BCUT2D eigenvalue weighted by atomic mass is 10.0. The normalized spacial score (nSPS) is 14.7. The Morgan fingerprint density at radius 2 is 1.47 bits per heavy atom. The molecule has 1 rings (SSSR count). The van der Waals surface area contributed by atoms with Crippen molar-refractivity contribution in [2.75, 3.05) is 13.2 Å². The number of rotatable bonds is 11. The van der Waals surface area contributed by atoms with Gasteiger partial charge in [0.25, 0.3) is 0 Å². The van der Waals surface area contributed by atoms with Crippen LogP contribution in [0.15, 0.2) is 24.3 Å². The lowest BCUT2D eigenvalue weighted by molar-refractivity contribution is -0.143. The molecule has 0 bridgehead atoms. The Kier molecular flexibility index (Phi) is 9.68. The standard InChI is InChI=1S/C18H26N4O8/c1-9(15(26)22-14(8-24)18(29)30)20-17(28)13(21-16(27)12(19)7-23)6-10-2-4-11(25)5-3-10/h2-5,9,12-14,23-25H,6-8,19H2,1H3,(H,20,28)(H,21,27)(H,22,26)(H,29,30). The van der Waals surface area contributed by atoms with E-state index in [-0.39, 0.29) is 12.2 Å². The molecule has 0 heterocycles. The average molecular weight is 426 g/mol. The molecule has 12 heteroatoms. The number of amides is 3. The molecule has 0 saturated carbocycles. The van der Waals surface area contributed by atoms with Crippen molar-refractivity contribution < 1.29 is 39.6 Å². The van der Waals surface area contributed by atoms with E-state index >= 15 is 0 Å². The zero-order valence-corrected chi connectivity index (χ0v) is 16.2. The Morgan fingerprint density at radius 3 is 1.97 bits per heavy atom. The Balaban J connectivity index is 2.89. The number of aliphatic hydroxyl groups excluding tert-OH is 2. The second-order valence-corrected chi connectivity index (χ2v) is 6.53. The molecule has 12 nitrogen and oxygen atoms in total. The van der Waals surface area contributed by atoms with Gasteiger partial charge in [0.1, 0.15) is 29.9 Å². The molecular formula is C18H26N4O8. The lowest BCUT2D eigenvalue weighted by Gasteiger charge is -2.23. The Hall–Kier alpha value is -3.22. The van der Waals surface area contributed by atoms with Crippen LogP contribution in [0, 0.1) is 0 Å². The summed E-state index contributed by atoms with van der Waals surface area (Å²) in [6.45, 7) is -0.182. The number of aliphatic carboxylic acids is 1. The summed E-state index contributed by atoms with van der Waals surface area (Å²) in [6.07, 6.45) is -0.0151. The maximum absolute atomic E-state index is 12.6. The summed E-state index contributed by atoms with van der Waals surface area (Å²) < 4.78 is 0. The summed E-state index contributed by atoms with van der Waals surface area (Å²) >= 11 is 0. The van der Waals surface area contributed by atoms with Crippen LogP contribution in [0.2, 0.25) is 0 Å². The molecule has 0 spiro atoms. The maximum Gasteiger partial charge on any atom is 0.328 e. The van der Waals surface area contributed by atoms with Crippen LogP contribution in [-0.4, -0.2) is 81.5 Å². The fraction of sp³-hybridized carbons (Fsp3) is 0.444. The van der Waals surface area contributed by atoms with Crippen LogP contribution >= 0.6 is 0 Å². The van der Waals surface area contributed by atoms with Gasteiger partial charge in [0.05, 0.1) is 13.2 Å². The van der Waals surface area contributed by atoms with E-state index in [1.165, 1.54) is 31.2 Å². The highest BCUT2D eigenvalue weighted by Crippen LogP contribution is 2.11. The van der Waals surface area contributed by atoms with Gasteiger partial charge in [-0.05, 0) is 24.6 Å². The van der Waals surface area contributed by atoms with Crippen LogP contribution < -0.4 is 21.7 Å². The van der Waals surface area contributed by atoms with Gasteiger partial charge in [-0.15, -0.1) is 0 Å². The van der Waals surface area contributed by atoms with Gasteiger partial charge < -0.3 is 42.1 Å². The van der Waals surface area contributed by atoms with Crippen molar-refractivity contribution in [3.63, 3.8) is 0 Å². The minimum atomic E-state index is -1.54. The minimum Gasteiger partial charge on any atom is -0.508 e. The van der Waals surface area contributed by atoms with E-state index in [4.69, 9.17) is 21.1 Å². The smallest absolute Gasteiger partial charge is 0.328 e. The summed E-state index contributed by atoms with van der Waals surface area (Å²) in [5, 5.41) is 43.0. The number of carbonyl (C=O) groups excluding carboxylic acids is 3. The predicted molar refractivity (Wildman–Crippen MR) is 103 cm³/mol. The number of hydrogen-bond donors (Lipinski definition) is 8. The minimum absolute atomic E-state index is 0.00764. The predicted octanol–water partition coefficient (Wildman–Crippen LogP) is -3.19. The van der Waals surface area contributed by atoms with Crippen molar-refractivity contribution in [2.45, 2.75) is 37.5 Å². The maximum atomic E-state index is 12.6. The van der Waals surface area contributed by atoms with Crippen molar-refractivity contribution in [1.29, 1.82) is 0 Å².